The van der Waals surface area contributed by atoms with Crippen molar-refractivity contribution in [3.8, 4) is 22.6 Å². The Kier molecular flexibility index (Phi) is 7.49. The Labute approximate surface area is 210 Å². The van der Waals surface area contributed by atoms with E-state index in [1.54, 1.807) is 48.5 Å². The summed E-state index contributed by atoms with van der Waals surface area (Å²) in [6, 6.07) is 19.5. The summed E-state index contributed by atoms with van der Waals surface area (Å²) in [4.78, 5) is 12.3. The Hall–Kier alpha value is -3.36. The van der Waals surface area contributed by atoms with Crippen molar-refractivity contribution >= 4 is 58.2 Å². The van der Waals surface area contributed by atoms with Crippen LogP contribution in [0.1, 0.15) is 11.5 Å². The zero-order chi connectivity index (χ0) is 24.1. The summed E-state index contributed by atoms with van der Waals surface area (Å²) in [6.45, 7) is -0.171. The number of furan rings is 2. The van der Waals surface area contributed by atoms with Crippen molar-refractivity contribution in [1.82, 2.24) is 5.32 Å². The molecule has 4 aromatic rings. The molecule has 0 radical (unpaired) electrons. The predicted octanol–water partition coefficient (Wildman–Crippen LogP) is 6.53. The van der Waals surface area contributed by atoms with Crippen LogP contribution in [-0.2, 0) is 11.4 Å². The summed E-state index contributed by atoms with van der Waals surface area (Å²) < 4.78 is 11.3. The van der Waals surface area contributed by atoms with Gasteiger partial charge in [-0.3, -0.25) is 10.1 Å². The summed E-state index contributed by atoms with van der Waals surface area (Å²) in [5, 5.41) is 15.7. The van der Waals surface area contributed by atoms with Gasteiger partial charge in [0.25, 0.3) is 0 Å². The molecule has 0 saturated heterocycles. The minimum absolute atomic E-state index is 0.133. The number of nitrogens with one attached hydrogen (secondary N) is 2. The molecule has 34 heavy (non-hydrogen) atoms. The van der Waals surface area contributed by atoms with E-state index >= 15 is 0 Å². The molecule has 2 heterocycles. The first-order valence-corrected chi connectivity index (χ1v) is 11.2. The molecule has 0 saturated carbocycles. The first kappa shape index (κ1) is 23.8. The van der Waals surface area contributed by atoms with Gasteiger partial charge in [-0.15, -0.1) is 0 Å². The summed E-state index contributed by atoms with van der Waals surface area (Å²) in [6.07, 6.45) is 2.84. The maximum absolute atomic E-state index is 12.3. The first-order valence-electron chi connectivity index (χ1n) is 10.1. The van der Waals surface area contributed by atoms with E-state index in [0.29, 0.717) is 44.3 Å². The highest BCUT2D eigenvalue weighted by Gasteiger charge is 2.11. The highest BCUT2D eigenvalue weighted by atomic mass is 35.5. The Morgan fingerprint density at radius 2 is 1.79 bits per heavy atom. The van der Waals surface area contributed by atoms with Crippen molar-refractivity contribution in [1.29, 1.82) is 0 Å². The van der Waals surface area contributed by atoms with Gasteiger partial charge in [0.2, 0.25) is 5.91 Å². The van der Waals surface area contributed by atoms with E-state index in [4.69, 9.17) is 49.4 Å². The summed E-state index contributed by atoms with van der Waals surface area (Å²) in [5.41, 5.74) is 2.13. The number of amides is 1. The standard InChI is InChI=1S/C25H18Cl2N2O4S/c26-20-6-2-5-19(24(20)27)22-11-7-17(32-22)9-12-23(31)29-25(34)28-16-4-1-3-15(13-16)21-10-8-18(14-30)33-21/h1-13,30H,14H2,(H2,28,29,31,34). The van der Waals surface area contributed by atoms with Gasteiger partial charge in [0.05, 0.1) is 10.0 Å². The second-order valence-electron chi connectivity index (χ2n) is 7.08. The van der Waals surface area contributed by atoms with Gasteiger partial charge in [-0.25, -0.2) is 0 Å². The van der Waals surface area contributed by atoms with E-state index in [0.717, 1.165) is 5.56 Å². The Bertz CT molecular complexity index is 1380. The summed E-state index contributed by atoms with van der Waals surface area (Å²) in [7, 11) is 0. The fourth-order valence-electron chi connectivity index (χ4n) is 3.12. The number of benzene rings is 2. The fraction of sp³-hybridized carbons (Fsp3) is 0.0400. The Morgan fingerprint density at radius 3 is 2.59 bits per heavy atom. The second-order valence-corrected chi connectivity index (χ2v) is 8.28. The van der Waals surface area contributed by atoms with Gasteiger partial charge in [-0.2, -0.15) is 0 Å². The van der Waals surface area contributed by atoms with Gasteiger partial charge in [-0.05, 0) is 66.8 Å². The lowest BCUT2D eigenvalue weighted by Gasteiger charge is -2.09. The van der Waals surface area contributed by atoms with Crippen molar-refractivity contribution in [3.63, 3.8) is 0 Å². The lowest BCUT2D eigenvalue weighted by molar-refractivity contribution is -0.115. The third-order valence-electron chi connectivity index (χ3n) is 4.70. The monoisotopic (exact) mass is 512 g/mol. The van der Waals surface area contributed by atoms with Gasteiger partial charge >= 0.3 is 0 Å². The first-order chi connectivity index (χ1) is 16.4. The average molecular weight is 513 g/mol. The number of aliphatic hydroxyl groups is 1. The molecule has 0 spiro atoms. The molecule has 2 aromatic heterocycles. The molecule has 6 nitrogen and oxygen atoms in total. The largest absolute Gasteiger partial charge is 0.459 e. The second kappa shape index (κ2) is 10.7. The molecule has 3 N–H and O–H groups in total. The smallest absolute Gasteiger partial charge is 0.250 e. The number of hydrogen-bond donors (Lipinski definition) is 3. The van der Waals surface area contributed by atoms with Gasteiger partial charge in [-0.1, -0.05) is 41.4 Å². The third kappa shape index (κ3) is 5.76. The highest BCUT2D eigenvalue weighted by Crippen LogP contribution is 2.34. The van der Waals surface area contributed by atoms with E-state index in [1.807, 2.05) is 18.2 Å². The van der Waals surface area contributed by atoms with Crippen LogP contribution in [0.15, 0.2) is 81.6 Å². The van der Waals surface area contributed by atoms with Crippen LogP contribution in [0.2, 0.25) is 10.0 Å². The van der Waals surface area contributed by atoms with Crippen molar-refractivity contribution in [2.45, 2.75) is 6.61 Å². The summed E-state index contributed by atoms with van der Waals surface area (Å²) in [5.74, 6) is 1.66. The van der Waals surface area contributed by atoms with Crippen LogP contribution in [0.3, 0.4) is 0 Å². The minimum Gasteiger partial charge on any atom is -0.459 e. The molecular weight excluding hydrogens is 495 g/mol. The number of anilines is 1. The van der Waals surface area contributed by atoms with Crippen LogP contribution in [0.25, 0.3) is 28.7 Å². The zero-order valence-electron chi connectivity index (χ0n) is 17.5. The number of hydrogen-bond acceptors (Lipinski definition) is 5. The van der Waals surface area contributed by atoms with Crippen LogP contribution in [-0.4, -0.2) is 16.1 Å². The number of halogens is 2. The molecule has 1 amide bonds. The van der Waals surface area contributed by atoms with Crippen LogP contribution >= 0.6 is 35.4 Å². The highest BCUT2D eigenvalue weighted by molar-refractivity contribution is 7.80. The normalized spacial score (nSPS) is 11.0. The molecule has 0 aliphatic heterocycles. The van der Waals surface area contributed by atoms with Crippen LogP contribution in [0, 0.1) is 0 Å². The van der Waals surface area contributed by atoms with E-state index < -0.39 is 5.91 Å². The quantitative estimate of drug-likeness (QED) is 0.201. The number of carbonyl (C=O) groups is 1. The zero-order valence-corrected chi connectivity index (χ0v) is 19.9. The molecule has 0 unspecified atom stereocenters. The van der Waals surface area contributed by atoms with Crippen molar-refractivity contribution < 1.29 is 18.7 Å². The van der Waals surface area contributed by atoms with Crippen LogP contribution in [0.4, 0.5) is 5.69 Å². The van der Waals surface area contributed by atoms with Gasteiger partial charge < -0.3 is 19.3 Å². The molecule has 4 rings (SSSR count). The lowest BCUT2D eigenvalue weighted by Crippen LogP contribution is -2.32. The maximum atomic E-state index is 12.3. The van der Waals surface area contributed by atoms with Crippen molar-refractivity contribution in [2.75, 3.05) is 5.32 Å². The van der Waals surface area contributed by atoms with Crippen LogP contribution in [0.5, 0.6) is 0 Å². The predicted molar refractivity (Wildman–Crippen MR) is 138 cm³/mol. The van der Waals surface area contributed by atoms with E-state index in [1.165, 1.54) is 12.2 Å². The maximum Gasteiger partial charge on any atom is 0.250 e. The van der Waals surface area contributed by atoms with Crippen LogP contribution < -0.4 is 10.6 Å². The molecule has 9 heteroatoms. The Balaban J connectivity index is 1.36. The van der Waals surface area contributed by atoms with E-state index in [2.05, 4.69) is 10.6 Å². The lowest BCUT2D eigenvalue weighted by atomic mass is 10.1. The molecule has 0 aliphatic rings. The van der Waals surface area contributed by atoms with E-state index in [-0.39, 0.29) is 11.7 Å². The molecule has 0 aliphatic carbocycles. The van der Waals surface area contributed by atoms with E-state index in [9.17, 15) is 4.79 Å². The number of aliphatic hydroxyl groups excluding tert-OH is 1. The van der Waals surface area contributed by atoms with Gasteiger partial charge in [0.15, 0.2) is 5.11 Å². The number of carbonyl (C=O) groups excluding carboxylic acids is 1. The average Bonchev–Trinajstić information content (AvgIpc) is 3.49. The SMILES string of the molecule is O=C(C=Cc1ccc(-c2cccc(Cl)c2Cl)o1)NC(=S)Nc1cccc(-c2ccc(CO)o2)c1. The minimum atomic E-state index is -0.425. The molecular formula is C25H18Cl2N2O4S. The fourth-order valence-corrected chi connectivity index (χ4v) is 3.74. The topological polar surface area (TPSA) is 87.6 Å². The molecule has 0 atom stereocenters. The number of rotatable bonds is 6. The van der Waals surface area contributed by atoms with Crippen molar-refractivity contribution in [2.24, 2.45) is 0 Å². The number of thiocarbonyl (C=S) groups is 1. The van der Waals surface area contributed by atoms with Gasteiger partial charge in [0, 0.05) is 22.9 Å². The molecule has 0 fully saturated rings. The molecule has 0 bridgehead atoms. The third-order valence-corrected chi connectivity index (χ3v) is 5.73. The van der Waals surface area contributed by atoms with Crippen molar-refractivity contribution in [3.05, 3.63) is 94.4 Å². The Morgan fingerprint density at radius 1 is 1.00 bits per heavy atom. The van der Waals surface area contributed by atoms with Gasteiger partial charge in [0.1, 0.15) is 29.6 Å². The molecule has 172 valence electrons. The summed E-state index contributed by atoms with van der Waals surface area (Å²) >= 11 is 17.5. The molecule has 2 aromatic carbocycles.